The summed E-state index contributed by atoms with van der Waals surface area (Å²) in [6, 6.07) is 23.6. The van der Waals surface area contributed by atoms with E-state index >= 15 is 0 Å². The summed E-state index contributed by atoms with van der Waals surface area (Å²) in [5, 5.41) is 2.81. The minimum atomic E-state index is -0.214. The average Bonchev–Trinajstić information content (AvgIpc) is 2.59. The molecule has 3 aromatic rings. The highest BCUT2D eigenvalue weighted by Gasteiger charge is 2.09. The van der Waals surface area contributed by atoms with Gasteiger partial charge in [0.2, 0.25) is 0 Å². The number of rotatable bonds is 4. The maximum absolute atomic E-state index is 12.2. The summed E-state index contributed by atoms with van der Waals surface area (Å²) in [4.78, 5) is 12.2. The van der Waals surface area contributed by atoms with E-state index in [1.165, 1.54) is 0 Å². The van der Waals surface area contributed by atoms with Crippen LogP contribution in [0.4, 0.5) is 11.4 Å². The lowest BCUT2D eigenvalue weighted by atomic mass is 10.2. The first-order valence-electron chi connectivity index (χ1n) is 7.21. The number of nitrogen functional groups attached to an aromatic ring is 1. The number of benzene rings is 3. The Hall–Kier alpha value is -3.27. The Kier molecular flexibility index (Phi) is 4.25. The Balaban J connectivity index is 1.79. The molecule has 0 fully saturated rings. The van der Waals surface area contributed by atoms with Crippen molar-refractivity contribution in [1.82, 2.24) is 0 Å². The molecule has 3 rings (SSSR count). The van der Waals surface area contributed by atoms with Crippen LogP contribution in [0.2, 0.25) is 0 Å². The van der Waals surface area contributed by atoms with Gasteiger partial charge < -0.3 is 15.8 Å². The molecule has 0 spiro atoms. The second kappa shape index (κ2) is 6.66. The number of nitrogens with two attached hydrogens (primary N) is 1. The van der Waals surface area contributed by atoms with Crippen LogP contribution < -0.4 is 15.8 Å². The van der Waals surface area contributed by atoms with E-state index in [0.29, 0.717) is 22.7 Å². The van der Waals surface area contributed by atoms with Crippen molar-refractivity contribution in [2.45, 2.75) is 0 Å². The molecule has 114 valence electrons. The molecule has 1 amide bonds. The number of nitrogens with one attached hydrogen (secondary N) is 1. The number of para-hydroxylation sites is 1. The summed E-state index contributed by atoms with van der Waals surface area (Å²) in [6.45, 7) is 0. The highest BCUT2D eigenvalue weighted by molar-refractivity contribution is 6.05. The molecule has 0 bridgehead atoms. The molecule has 0 aliphatic heterocycles. The number of hydrogen-bond donors (Lipinski definition) is 2. The van der Waals surface area contributed by atoms with Crippen LogP contribution in [0, 0.1) is 0 Å². The van der Waals surface area contributed by atoms with E-state index in [4.69, 9.17) is 10.5 Å². The third kappa shape index (κ3) is 3.68. The highest BCUT2D eigenvalue weighted by atomic mass is 16.5. The van der Waals surface area contributed by atoms with Crippen LogP contribution in [0.25, 0.3) is 0 Å². The van der Waals surface area contributed by atoms with Crippen LogP contribution in [-0.2, 0) is 0 Å². The highest BCUT2D eigenvalue weighted by Crippen LogP contribution is 2.28. The lowest BCUT2D eigenvalue weighted by molar-refractivity contribution is 0.102. The topological polar surface area (TPSA) is 64.3 Å². The van der Waals surface area contributed by atoms with Gasteiger partial charge in [0.15, 0.2) is 0 Å². The van der Waals surface area contributed by atoms with Gasteiger partial charge in [0.05, 0.1) is 11.4 Å². The number of anilines is 2. The summed E-state index contributed by atoms with van der Waals surface area (Å²) in [7, 11) is 0. The number of hydrogen-bond acceptors (Lipinski definition) is 3. The van der Waals surface area contributed by atoms with Crippen molar-refractivity contribution in [3.8, 4) is 11.5 Å². The van der Waals surface area contributed by atoms with Gasteiger partial charge in [-0.05, 0) is 36.4 Å². The SMILES string of the molecule is Nc1ccc(Oc2ccccc2)cc1NC(=O)c1ccccc1. The molecule has 0 aliphatic carbocycles. The van der Waals surface area contributed by atoms with Gasteiger partial charge in [-0.3, -0.25) is 4.79 Å². The Bertz CT molecular complexity index is 802. The van der Waals surface area contributed by atoms with Gasteiger partial charge in [-0.2, -0.15) is 0 Å². The van der Waals surface area contributed by atoms with Crippen molar-refractivity contribution in [3.05, 3.63) is 84.4 Å². The Morgan fingerprint density at radius 1 is 0.826 bits per heavy atom. The standard InChI is InChI=1S/C19H16N2O2/c20-17-12-11-16(23-15-9-5-2-6-10-15)13-18(17)21-19(22)14-7-3-1-4-8-14/h1-13H,20H2,(H,21,22). The average molecular weight is 304 g/mol. The van der Waals surface area contributed by atoms with Gasteiger partial charge in [-0.15, -0.1) is 0 Å². The van der Waals surface area contributed by atoms with Crippen LogP contribution in [0.1, 0.15) is 10.4 Å². The number of amides is 1. The Morgan fingerprint density at radius 2 is 1.48 bits per heavy atom. The summed E-state index contributed by atoms with van der Waals surface area (Å²) >= 11 is 0. The van der Waals surface area contributed by atoms with Gasteiger partial charge in [-0.25, -0.2) is 0 Å². The smallest absolute Gasteiger partial charge is 0.255 e. The molecule has 0 aliphatic rings. The molecule has 0 unspecified atom stereocenters. The van der Waals surface area contributed by atoms with Crippen molar-refractivity contribution in [3.63, 3.8) is 0 Å². The van der Waals surface area contributed by atoms with Gasteiger partial charge in [0.1, 0.15) is 11.5 Å². The van der Waals surface area contributed by atoms with Gasteiger partial charge in [0.25, 0.3) is 5.91 Å². The zero-order valence-electron chi connectivity index (χ0n) is 12.4. The van der Waals surface area contributed by atoms with Crippen LogP contribution >= 0.6 is 0 Å². The maximum Gasteiger partial charge on any atom is 0.255 e. The van der Waals surface area contributed by atoms with E-state index in [1.54, 1.807) is 30.3 Å². The molecule has 3 aromatic carbocycles. The second-order valence-electron chi connectivity index (χ2n) is 4.98. The minimum Gasteiger partial charge on any atom is -0.457 e. The van der Waals surface area contributed by atoms with Crippen molar-refractivity contribution in [2.75, 3.05) is 11.1 Å². The molecule has 0 saturated carbocycles. The molecule has 0 saturated heterocycles. The van der Waals surface area contributed by atoms with Gasteiger partial charge in [-0.1, -0.05) is 36.4 Å². The van der Waals surface area contributed by atoms with Crippen molar-refractivity contribution in [1.29, 1.82) is 0 Å². The van der Waals surface area contributed by atoms with E-state index in [1.807, 2.05) is 48.5 Å². The molecule has 4 heteroatoms. The fourth-order valence-corrected chi connectivity index (χ4v) is 2.12. The second-order valence-corrected chi connectivity index (χ2v) is 4.98. The largest absolute Gasteiger partial charge is 0.457 e. The molecule has 23 heavy (non-hydrogen) atoms. The molecule has 0 heterocycles. The summed E-state index contributed by atoms with van der Waals surface area (Å²) in [5.74, 6) is 1.11. The monoisotopic (exact) mass is 304 g/mol. The fourth-order valence-electron chi connectivity index (χ4n) is 2.12. The first-order valence-corrected chi connectivity index (χ1v) is 7.21. The minimum absolute atomic E-state index is 0.214. The molecule has 4 nitrogen and oxygen atoms in total. The Morgan fingerprint density at radius 3 is 2.17 bits per heavy atom. The maximum atomic E-state index is 12.2. The number of carbonyl (C=O) groups excluding carboxylic acids is 1. The summed E-state index contributed by atoms with van der Waals surface area (Å²) in [6.07, 6.45) is 0. The quantitative estimate of drug-likeness (QED) is 0.706. The van der Waals surface area contributed by atoms with Crippen LogP contribution in [0.3, 0.4) is 0 Å². The lowest BCUT2D eigenvalue weighted by Gasteiger charge is -2.11. The zero-order chi connectivity index (χ0) is 16.1. The van der Waals surface area contributed by atoms with E-state index < -0.39 is 0 Å². The predicted molar refractivity (Wildman–Crippen MR) is 91.8 cm³/mol. The van der Waals surface area contributed by atoms with E-state index in [-0.39, 0.29) is 5.91 Å². The lowest BCUT2D eigenvalue weighted by Crippen LogP contribution is -2.13. The van der Waals surface area contributed by atoms with E-state index in [2.05, 4.69) is 5.32 Å². The first-order chi connectivity index (χ1) is 11.2. The molecule has 0 radical (unpaired) electrons. The third-order valence-corrected chi connectivity index (χ3v) is 3.29. The van der Waals surface area contributed by atoms with Crippen LogP contribution in [-0.4, -0.2) is 5.91 Å². The fraction of sp³-hybridized carbons (Fsp3) is 0. The molecule has 0 atom stereocenters. The van der Waals surface area contributed by atoms with Crippen LogP contribution in [0.5, 0.6) is 11.5 Å². The zero-order valence-corrected chi connectivity index (χ0v) is 12.4. The van der Waals surface area contributed by atoms with E-state index in [9.17, 15) is 4.79 Å². The van der Waals surface area contributed by atoms with Gasteiger partial charge >= 0.3 is 0 Å². The number of ether oxygens (including phenoxy) is 1. The molecule has 3 N–H and O–H groups in total. The summed E-state index contributed by atoms with van der Waals surface area (Å²) in [5.41, 5.74) is 7.51. The number of carbonyl (C=O) groups is 1. The van der Waals surface area contributed by atoms with Crippen molar-refractivity contribution in [2.24, 2.45) is 0 Å². The molecule has 0 aromatic heterocycles. The predicted octanol–water partition coefficient (Wildman–Crippen LogP) is 4.31. The normalized spacial score (nSPS) is 10.1. The Labute approximate surface area is 134 Å². The molecular weight excluding hydrogens is 288 g/mol. The first kappa shape index (κ1) is 14.7. The van der Waals surface area contributed by atoms with Crippen molar-refractivity contribution >= 4 is 17.3 Å². The summed E-state index contributed by atoms with van der Waals surface area (Å²) < 4.78 is 5.75. The molecular formula is C19H16N2O2. The van der Waals surface area contributed by atoms with Gasteiger partial charge in [0, 0.05) is 11.6 Å². The van der Waals surface area contributed by atoms with Crippen molar-refractivity contribution < 1.29 is 9.53 Å². The van der Waals surface area contributed by atoms with Crippen LogP contribution in [0.15, 0.2) is 78.9 Å². The third-order valence-electron chi connectivity index (χ3n) is 3.29. The van der Waals surface area contributed by atoms with E-state index in [0.717, 1.165) is 5.75 Å².